The number of hydrogen-bond acceptors (Lipinski definition) is 5. The van der Waals surface area contributed by atoms with Gasteiger partial charge in [0.25, 0.3) is 0 Å². The van der Waals surface area contributed by atoms with Gasteiger partial charge in [-0.25, -0.2) is 0 Å². The summed E-state index contributed by atoms with van der Waals surface area (Å²) in [4.78, 5) is 0. The second-order valence-corrected chi connectivity index (χ2v) is 5.23. The van der Waals surface area contributed by atoms with Crippen LogP contribution in [0.4, 0.5) is 10.8 Å². The second-order valence-electron chi connectivity index (χ2n) is 4.46. The molecule has 1 aromatic heterocycles. The Bertz CT molecular complexity index is 513. The number of nitrogens with zero attached hydrogens (tertiary/aromatic N) is 1. The summed E-state index contributed by atoms with van der Waals surface area (Å²) >= 11 is 1.34. The van der Waals surface area contributed by atoms with Crippen molar-refractivity contribution in [3.63, 3.8) is 0 Å². The number of benzene rings is 1. The molecule has 0 aliphatic heterocycles. The van der Waals surface area contributed by atoms with Crippen LogP contribution in [0.5, 0.6) is 5.75 Å². The molecule has 2 rings (SSSR count). The van der Waals surface area contributed by atoms with Gasteiger partial charge in [-0.2, -0.15) is 4.37 Å². The normalized spacial score (nSPS) is 12.1. The predicted molar refractivity (Wildman–Crippen MR) is 81.0 cm³/mol. The van der Waals surface area contributed by atoms with Gasteiger partial charge in [0.1, 0.15) is 0 Å². The summed E-state index contributed by atoms with van der Waals surface area (Å²) in [6, 6.07) is 10.5. The van der Waals surface area contributed by atoms with Crippen molar-refractivity contribution in [3.05, 3.63) is 35.9 Å². The standard InChI is InChI=1S/C14H19N3OS/c1-10(11-6-4-3-5-7-11)8-9-16-14-12(18-2)13(15)17-19-14/h3-7,10,16H,8-9H2,1-2H3,(H2,15,17). The van der Waals surface area contributed by atoms with Crippen LogP contribution in [0.1, 0.15) is 24.8 Å². The Kier molecular flexibility index (Phi) is 4.63. The van der Waals surface area contributed by atoms with Crippen LogP contribution in [0.2, 0.25) is 0 Å². The van der Waals surface area contributed by atoms with E-state index in [4.69, 9.17) is 10.5 Å². The van der Waals surface area contributed by atoms with Crippen LogP contribution in [0, 0.1) is 0 Å². The van der Waals surface area contributed by atoms with Crippen LogP contribution < -0.4 is 15.8 Å². The molecular weight excluding hydrogens is 258 g/mol. The van der Waals surface area contributed by atoms with Crippen LogP contribution >= 0.6 is 11.5 Å². The molecule has 102 valence electrons. The molecule has 2 aromatic rings. The number of nitrogens with two attached hydrogens (primary N) is 1. The second kappa shape index (κ2) is 6.43. The van der Waals surface area contributed by atoms with E-state index in [-0.39, 0.29) is 0 Å². The van der Waals surface area contributed by atoms with Gasteiger partial charge in [-0.3, -0.25) is 0 Å². The number of nitrogens with one attached hydrogen (secondary N) is 1. The molecule has 0 bridgehead atoms. The Morgan fingerprint density at radius 2 is 2.11 bits per heavy atom. The van der Waals surface area contributed by atoms with Crippen molar-refractivity contribution in [1.29, 1.82) is 0 Å². The number of anilines is 2. The number of aromatic nitrogens is 1. The van der Waals surface area contributed by atoms with Crippen molar-refractivity contribution in [2.75, 3.05) is 24.7 Å². The topological polar surface area (TPSA) is 60.2 Å². The Morgan fingerprint density at radius 1 is 1.37 bits per heavy atom. The van der Waals surface area contributed by atoms with Gasteiger partial charge < -0.3 is 15.8 Å². The molecule has 1 heterocycles. The predicted octanol–water partition coefficient (Wildman–Crippen LogP) is 3.34. The van der Waals surface area contributed by atoms with Crippen LogP contribution in [0.25, 0.3) is 0 Å². The third-order valence-electron chi connectivity index (χ3n) is 3.11. The molecule has 3 N–H and O–H groups in total. The van der Waals surface area contributed by atoms with E-state index in [9.17, 15) is 0 Å². The molecular formula is C14H19N3OS. The van der Waals surface area contributed by atoms with Crippen LogP contribution in [-0.2, 0) is 0 Å². The summed E-state index contributed by atoms with van der Waals surface area (Å²) in [7, 11) is 1.61. The Morgan fingerprint density at radius 3 is 2.79 bits per heavy atom. The van der Waals surface area contributed by atoms with Gasteiger partial charge in [0.2, 0.25) is 0 Å². The monoisotopic (exact) mass is 277 g/mol. The molecule has 1 unspecified atom stereocenters. The number of hydrogen-bond donors (Lipinski definition) is 2. The molecule has 0 saturated heterocycles. The highest BCUT2D eigenvalue weighted by Crippen LogP contribution is 2.34. The maximum Gasteiger partial charge on any atom is 0.197 e. The zero-order valence-corrected chi connectivity index (χ0v) is 12.0. The number of methoxy groups -OCH3 is 1. The summed E-state index contributed by atoms with van der Waals surface area (Å²) in [5.74, 6) is 1.62. The fourth-order valence-corrected chi connectivity index (χ4v) is 2.66. The SMILES string of the molecule is COc1c(N)nsc1NCCC(C)c1ccccc1. The molecule has 1 atom stereocenters. The average molecular weight is 277 g/mol. The molecule has 0 radical (unpaired) electrons. The smallest absolute Gasteiger partial charge is 0.197 e. The van der Waals surface area contributed by atoms with Crippen molar-refractivity contribution < 1.29 is 4.74 Å². The van der Waals surface area contributed by atoms with E-state index < -0.39 is 0 Å². The third-order valence-corrected chi connectivity index (χ3v) is 3.91. The minimum absolute atomic E-state index is 0.450. The first kappa shape index (κ1) is 13.7. The van der Waals surface area contributed by atoms with Crippen LogP contribution in [-0.4, -0.2) is 18.0 Å². The van der Waals surface area contributed by atoms with E-state index in [1.54, 1.807) is 7.11 Å². The molecule has 0 amide bonds. The number of nitrogen functional groups attached to an aromatic ring is 1. The fraction of sp³-hybridized carbons (Fsp3) is 0.357. The third kappa shape index (κ3) is 3.38. The highest BCUT2D eigenvalue weighted by atomic mass is 32.1. The Hall–Kier alpha value is -1.75. The quantitative estimate of drug-likeness (QED) is 0.850. The van der Waals surface area contributed by atoms with E-state index in [1.807, 2.05) is 6.07 Å². The Balaban J connectivity index is 1.86. The molecule has 19 heavy (non-hydrogen) atoms. The van der Waals surface area contributed by atoms with E-state index >= 15 is 0 Å². The van der Waals surface area contributed by atoms with Gasteiger partial charge in [0.05, 0.1) is 7.11 Å². The average Bonchev–Trinajstić information content (AvgIpc) is 2.80. The van der Waals surface area contributed by atoms with Crippen molar-refractivity contribution in [2.24, 2.45) is 0 Å². The lowest BCUT2D eigenvalue weighted by Crippen LogP contribution is -2.05. The molecule has 0 spiro atoms. The van der Waals surface area contributed by atoms with Crippen molar-refractivity contribution in [2.45, 2.75) is 19.3 Å². The van der Waals surface area contributed by atoms with E-state index in [0.717, 1.165) is 18.0 Å². The van der Waals surface area contributed by atoms with Crippen molar-refractivity contribution >= 4 is 22.4 Å². The Labute approximate surface area is 117 Å². The van der Waals surface area contributed by atoms with Crippen LogP contribution in [0.3, 0.4) is 0 Å². The first-order valence-corrected chi connectivity index (χ1v) is 7.07. The van der Waals surface area contributed by atoms with Gasteiger partial charge in [0.15, 0.2) is 16.6 Å². The lowest BCUT2D eigenvalue weighted by molar-refractivity contribution is 0.419. The van der Waals surface area contributed by atoms with Gasteiger partial charge in [-0.15, -0.1) is 0 Å². The molecule has 1 aromatic carbocycles. The lowest BCUT2D eigenvalue weighted by atomic mass is 9.98. The maximum absolute atomic E-state index is 5.71. The minimum Gasteiger partial charge on any atom is -0.490 e. The van der Waals surface area contributed by atoms with Gasteiger partial charge in [0, 0.05) is 6.54 Å². The van der Waals surface area contributed by atoms with Gasteiger partial charge >= 0.3 is 0 Å². The number of ether oxygens (including phenoxy) is 1. The minimum atomic E-state index is 0.450. The molecule has 0 fully saturated rings. The highest BCUT2D eigenvalue weighted by Gasteiger charge is 2.12. The molecule has 0 aliphatic rings. The summed E-state index contributed by atoms with van der Waals surface area (Å²) in [6.07, 6.45) is 1.05. The van der Waals surface area contributed by atoms with E-state index in [2.05, 4.69) is 40.9 Å². The zero-order valence-electron chi connectivity index (χ0n) is 11.2. The lowest BCUT2D eigenvalue weighted by Gasteiger charge is -2.12. The van der Waals surface area contributed by atoms with Crippen molar-refractivity contribution in [3.8, 4) is 5.75 Å². The largest absolute Gasteiger partial charge is 0.490 e. The summed E-state index contributed by atoms with van der Waals surface area (Å²) in [6.45, 7) is 3.10. The summed E-state index contributed by atoms with van der Waals surface area (Å²) in [5.41, 5.74) is 7.07. The number of rotatable bonds is 6. The van der Waals surface area contributed by atoms with E-state index in [0.29, 0.717) is 17.5 Å². The highest BCUT2D eigenvalue weighted by molar-refractivity contribution is 7.11. The molecule has 5 heteroatoms. The first-order valence-electron chi connectivity index (χ1n) is 6.30. The fourth-order valence-electron chi connectivity index (χ4n) is 1.95. The summed E-state index contributed by atoms with van der Waals surface area (Å²) in [5, 5.41) is 4.24. The van der Waals surface area contributed by atoms with Crippen molar-refractivity contribution in [1.82, 2.24) is 4.37 Å². The maximum atomic E-state index is 5.71. The molecule has 0 aliphatic carbocycles. The zero-order chi connectivity index (χ0) is 13.7. The van der Waals surface area contributed by atoms with E-state index in [1.165, 1.54) is 17.1 Å². The van der Waals surface area contributed by atoms with Gasteiger partial charge in [-0.1, -0.05) is 37.3 Å². The van der Waals surface area contributed by atoms with Gasteiger partial charge in [-0.05, 0) is 29.4 Å². The van der Waals surface area contributed by atoms with Crippen LogP contribution in [0.15, 0.2) is 30.3 Å². The first-order chi connectivity index (χ1) is 9.22. The molecule has 4 nitrogen and oxygen atoms in total. The molecule has 0 saturated carbocycles. The summed E-state index contributed by atoms with van der Waals surface area (Å²) < 4.78 is 9.29.